The third-order valence-corrected chi connectivity index (χ3v) is 4.77. The van der Waals surface area contributed by atoms with Crippen molar-refractivity contribution in [3.8, 4) is 0 Å². The molecule has 2 saturated heterocycles. The maximum Gasteiger partial charge on any atom is 0.272 e. The van der Waals surface area contributed by atoms with E-state index in [-0.39, 0.29) is 5.91 Å². The van der Waals surface area contributed by atoms with Crippen molar-refractivity contribution < 1.29 is 4.79 Å². The Hall–Kier alpha value is -1.62. The smallest absolute Gasteiger partial charge is 0.272 e. The van der Waals surface area contributed by atoms with Crippen LogP contribution >= 0.6 is 0 Å². The maximum atomic E-state index is 12.4. The lowest BCUT2D eigenvalue weighted by molar-refractivity contribution is 0.0767. The number of carbonyl (C=O) groups is 1. The van der Waals surface area contributed by atoms with Crippen molar-refractivity contribution in [3.63, 3.8) is 0 Å². The normalized spacial score (nSPS) is 24.2. The Morgan fingerprint density at radius 3 is 2.62 bits per heavy atom. The van der Waals surface area contributed by atoms with Crippen molar-refractivity contribution in [2.45, 2.75) is 13.8 Å². The highest BCUT2D eigenvalue weighted by molar-refractivity contribution is 5.93. The van der Waals surface area contributed by atoms with Gasteiger partial charge in [0.2, 0.25) is 0 Å². The molecule has 3 heterocycles. The van der Waals surface area contributed by atoms with Crippen molar-refractivity contribution in [1.82, 2.24) is 15.2 Å². The zero-order valence-corrected chi connectivity index (χ0v) is 12.9. The van der Waals surface area contributed by atoms with E-state index >= 15 is 0 Å². The highest BCUT2D eigenvalue weighted by Gasteiger charge is 2.36. The van der Waals surface area contributed by atoms with Gasteiger partial charge in [-0.3, -0.25) is 9.78 Å². The quantitative estimate of drug-likeness (QED) is 0.905. The molecule has 1 amide bonds. The Morgan fingerprint density at radius 1 is 1.33 bits per heavy atom. The third kappa shape index (κ3) is 2.75. The van der Waals surface area contributed by atoms with Crippen LogP contribution in [-0.4, -0.2) is 55.1 Å². The van der Waals surface area contributed by atoms with Crippen LogP contribution in [-0.2, 0) is 0 Å². The van der Waals surface area contributed by atoms with Gasteiger partial charge >= 0.3 is 0 Å². The molecule has 1 aromatic rings. The largest absolute Gasteiger partial charge is 0.371 e. The van der Waals surface area contributed by atoms with Crippen LogP contribution in [0.2, 0.25) is 0 Å². The zero-order chi connectivity index (χ0) is 14.8. The second kappa shape index (κ2) is 6.02. The molecular weight excluding hydrogens is 264 g/mol. The zero-order valence-electron chi connectivity index (χ0n) is 12.9. The van der Waals surface area contributed by atoms with Crippen LogP contribution in [0.3, 0.4) is 0 Å². The first-order valence-corrected chi connectivity index (χ1v) is 7.94. The van der Waals surface area contributed by atoms with Crippen molar-refractivity contribution in [3.05, 3.63) is 24.0 Å². The number of aromatic nitrogens is 1. The number of pyridine rings is 1. The van der Waals surface area contributed by atoms with Crippen LogP contribution in [0.5, 0.6) is 0 Å². The average Bonchev–Trinajstić information content (AvgIpc) is 3.10. The monoisotopic (exact) mass is 288 g/mol. The second-order valence-electron chi connectivity index (χ2n) is 5.96. The molecule has 0 aliphatic carbocycles. The van der Waals surface area contributed by atoms with E-state index in [9.17, 15) is 4.79 Å². The summed E-state index contributed by atoms with van der Waals surface area (Å²) >= 11 is 0. The van der Waals surface area contributed by atoms with Crippen LogP contribution in [0.15, 0.2) is 18.3 Å². The van der Waals surface area contributed by atoms with E-state index < -0.39 is 0 Å². The number of fused-ring (bicyclic) bond motifs is 1. The van der Waals surface area contributed by atoms with Crippen LogP contribution in [0.1, 0.15) is 24.3 Å². The molecular formula is C16H24N4O. The summed E-state index contributed by atoms with van der Waals surface area (Å²) < 4.78 is 0. The first-order chi connectivity index (χ1) is 10.2. The predicted octanol–water partition coefficient (Wildman–Crippen LogP) is 1.22. The van der Waals surface area contributed by atoms with Gasteiger partial charge in [0.15, 0.2) is 0 Å². The number of nitrogens with zero attached hydrogens (tertiary/aromatic N) is 3. The molecule has 1 N–H and O–H groups in total. The van der Waals surface area contributed by atoms with Crippen molar-refractivity contribution in [1.29, 1.82) is 0 Å². The van der Waals surface area contributed by atoms with Crippen molar-refractivity contribution in [2.24, 2.45) is 11.8 Å². The van der Waals surface area contributed by atoms with Gasteiger partial charge in [-0.25, -0.2) is 0 Å². The van der Waals surface area contributed by atoms with E-state index in [2.05, 4.69) is 15.2 Å². The fourth-order valence-corrected chi connectivity index (χ4v) is 3.47. The summed E-state index contributed by atoms with van der Waals surface area (Å²) in [6.45, 7) is 9.86. The SMILES string of the molecule is CCN(CC)C(=O)c1cc(N2C[C@H]3CNC[C@H]3C2)ccn1. The lowest BCUT2D eigenvalue weighted by Gasteiger charge is -2.22. The summed E-state index contributed by atoms with van der Waals surface area (Å²) in [6.07, 6.45) is 1.76. The Labute approximate surface area is 126 Å². The van der Waals surface area contributed by atoms with Crippen molar-refractivity contribution >= 4 is 11.6 Å². The molecule has 0 unspecified atom stereocenters. The highest BCUT2D eigenvalue weighted by atomic mass is 16.2. The predicted molar refractivity (Wildman–Crippen MR) is 83.6 cm³/mol. The number of carbonyl (C=O) groups excluding carboxylic acids is 1. The number of hydrogen-bond donors (Lipinski definition) is 1. The molecule has 2 fully saturated rings. The number of nitrogens with one attached hydrogen (secondary N) is 1. The molecule has 0 radical (unpaired) electrons. The van der Waals surface area contributed by atoms with Crippen LogP contribution in [0.25, 0.3) is 0 Å². The topological polar surface area (TPSA) is 48.5 Å². The Balaban J connectivity index is 1.76. The second-order valence-corrected chi connectivity index (χ2v) is 5.96. The molecule has 1 aromatic heterocycles. The molecule has 2 aliphatic rings. The minimum Gasteiger partial charge on any atom is -0.371 e. The molecule has 5 nitrogen and oxygen atoms in total. The Kier molecular flexibility index (Phi) is 4.10. The lowest BCUT2D eigenvalue weighted by atomic mass is 10.0. The summed E-state index contributed by atoms with van der Waals surface area (Å²) in [4.78, 5) is 20.9. The molecule has 0 aromatic carbocycles. The summed E-state index contributed by atoms with van der Waals surface area (Å²) in [7, 11) is 0. The van der Waals surface area contributed by atoms with Gasteiger partial charge in [0.25, 0.3) is 5.91 Å². The molecule has 21 heavy (non-hydrogen) atoms. The van der Waals surface area contributed by atoms with E-state index in [1.165, 1.54) is 0 Å². The minimum atomic E-state index is 0.0305. The van der Waals surface area contributed by atoms with Crippen molar-refractivity contribution in [2.75, 3.05) is 44.2 Å². The van der Waals surface area contributed by atoms with Gasteiger partial charge < -0.3 is 15.1 Å². The van der Waals surface area contributed by atoms with Gasteiger partial charge in [0, 0.05) is 51.2 Å². The van der Waals surface area contributed by atoms with Gasteiger partial charge in [-0.1, -0.05) is 0 Å². The highest BCUT2D eigenvalue weighted by Crippen LogP contribution is 2.30. The summed E-state index contributed by atoms with van der Waals surface area (Å²) in [6, 6.07) is 3.97. The molecule has 0 saturated carbocycles. The maximum absolute atomic E-state index is 12.4. The summed E-state index contributed by atoms with van der Waals surface area (Å²) in [5.74, 6) is 1.53. The van der Waals surface area contributed by atoms with E-state index in [4.69, 9.17) is 0 Å². The first kappa shape index (κ1) is 14.3. The van der Waals surface area contributed by atoms with E-state index in [0.717, 1.165) is 56.8 Å². The van der Waals surface area contributed by atoms with Gasteiger partial charge in [-0.2, -0.15) is 0 Å². The summed E-state index contributed by atoms with van der Waals surface area (Å²) in [5, 5.41) is 3.46. The van der Waals surface area contributed by atoms with E-state index in [0.29, 0.717) is 5.69 Å². The number of hydrogen-bond acceptors (Lipinski definition) is 4. The van der Waals surface area contributed by atoms with Crippen LogP contribution in [0.4, 0.5) is 5.69 Å². The average molecular weight is 288 g/mol. The van der Waals surface area contributed by atoms with E-state index in [1.54, 1.807) is 6.20 Å². The standard InChI is InChI=1S/C16H24N4O/c1-3-19(4-2)16(21)15-7-14(5-6-18-15)20-10-12-8-17-9-13(12)11-20/h5-7,12-13,17H,3-4,8-11H2,1-2H3/t12-,13+. The molecule has 3 rings (SSSR count). The molecule has 0 spiro atoms. The Bertz CT molecular complexity index is 503. The molecule has 2 atom stereocenters. The fraction of sp³-hybridized carbons (Fsp3) is 0.625. The number of rotatable bonds is 4. The van der Waals surface area contributed by atoms with Gasteiger partial charge in [0.1, 0.15) is 5.69 Å². The third-order valence-electron chi connectivity index (χ3n) is 4.77. The molecule has 5 heteroatoms. The fourth-order valence-electron chi connectivity index (χ4n) is 3.47. The van der Waals surface area contributed by atoms with Crippen LogP contribution in [0, 0.1) is 11.8 Å². The number of amides is 1. The molecule has 2 aliphatic heterocycles. The molecule has 0 bridgehead atoms. The van der Waals surface area contributed by atoms with Gasteiger partial charge in [0.05, 0.1) is 0 Å². The van der Waals surface area contributed by atoms with Gasteiger partial charge in [-0.05, 0) is 37.8 Å². The minimum absolute atomic E-state index is 0.0305. The number of anilines is 1. The first-order valence-electron chi connectivity index (χ1n) is 7.94. The molecule has 114 valence electrons. The Morgan fingerprint density at radius 2 is 2.00 bits per heavy atom. The lowest BCUT2D eigenvalue weighted by Crippen LogP contribution is -2.31. The van der Waals surface area contributed by atoms with E-state index in [1.807, 2.05) is 30.9 Å². The summed E-state index contributed by atoms with van der Waals surface area (Å²) in [5.41, 5.74) is 1.70. The van der Waals surface area contributed by atoms with Crippen LogP contribution < -0.4 is 10.2 Å². The van der Waals surface area contributed by atoms with Gasteiger partial charge in [-0.15, -0.1) is 0 Å².